The number of sulfone groups is 1. The lowest BCUT2D eigenvalue weighted by atomic mass is 10.2. The van der Waals surface area contributed by atoms with Crippen molar-refractivity contribution in [3.05, 3.63) is 28.8 Å². The second-order valence-electron chi connectivity index (χ2n) is 2.77. The fourth-order valence-corrected chi connectivity index (χ4v) is 1.98. The molecule has 0 aromatic heterocycles. The number of hydrogen-bond acceptors (Lipinski definition) is 3. The Morgan fingerprint density at radius 1 is 1.36 bits per heavy atom. The van der Waals surface area contributed by atoms with E-state index >= 15 is 0 Å². The molecule has 0 saturated heterocycles. The molecule has 1 aromatic carbocycles. The summed E-state index contributed by atoms with van der Waals surface area (Å²) in [6.07, 6.45) is 1.14. The van der Waals surface area contributed by atoms with Gasteiger partial charge in [-0.1, -0.05) is 11.6 Å². The second-order valence-corrected chi connectivity index (χ2v) is 5.22. The zero-order valence-electron chi connectivity index (χ0n) is 7.53. The van der Waals surface area contributed by atoms with Crippen LogP contribution in [-0.4, -0.2) is 14.7 Å². The Balaban J connectivity index is 0.00000169. The third kappa shape index (κ3) is 3.46. The molecule has 0 spiro atoms. The van der Waals surface area contributed by atoms with Gasteiger partial charge in [0.05, 0.1) is 4.90 Å². The molecule has 1 aromatic rings. The van der Waals surface area contributed by atoms with Crippen LogP contribution in [-0.2, 0) is 16.4 Å². The maximum Gasteiger partial charge on any atom is 0.175 e. The normalized spacial score (nSPS) is 10.8. The molecule has 1 rings (SSSR count). The van der Waals surface area contributed by atoms with E-state index in [1.807, 2.05) is 0 Å². The Hall–Kier alpha value is -0.290. The van der Waals surface area contributed by atoms with Gasteiger partial charge in [-0.25, -0.2) is 8.42 Å². The first kappa shape index (κ1) is 13.7. The third-order valence-corrected chi connectivity index (χ3v) is 2.91. The predicted octanol–water partition coefficient (Wildman–Crippen LogP) is 1.62. The molecular weight excluding hydrogens is 245 g/mol. The monoisotopic (exact) mass is 255 g/mol. The van der Waals surface area contributed by atoms with E-state index in [0.717, 1.165) is 6.26 Å². The second kappa shape index (κ2) is 4.98. The van der Waals surface area contributed by atoms with Crippen LogP contribution < -0.4 is 5.73 Å². The number of nitrogens with two attached hydrogens (primary N) is 1. The van der Waals surface area contributed by atoms with Crippen LogP contribution >= 0.6 is 24.0 Å². The average Bonchev–Trinajstić information content (AvgIpc) is 2.01. The maximum atomic E-state index is 11.2. The zero-order valence-corrected chi connectivity index (χ0v) is 9.92. The standard InChI is InChI=1S/C8H10ClNO2S.ClH/c1-13(11,12)8-3-6(5-10)2-7(9)4-8;/h2-4H,5,10H2,1H3;1H. The number of benzene rings is 1. The van der Waals surface area contributed by atoms with Crippen molar-refractivity contribution < 1.29 is 8.42 Å². The van der Waals surface area contributed by atoms with Crippen molar-refractivity contribution in [2.75, 3.05) is 6.26 Å². The summed E-state index contributed by atoms with van der Waals surface area (Å²) in [5.74, 6) is 0. The molecular formula is C8H11Cl2NO2S. The van der Waals surface area contributed by atoms with Gasteiger partial charge in [0.25, 0.3) is 0 Å². The van der Waals surface area contributed by atoms with E-state index < -0.39 is 9.84 Å². The quantitative estimate of drug-likeness (QED) is 0.874. The minimum atomic E-state index is -3.20. The first-order valence-electron chi connectivity index (χ1n) is 3.63. The van der Waals surface area contributed by atoms with E-state index in [1.54, 1.807) is 6.07 Å². The molecule has 6 heteroatoms. The predicted molar refractivity (Wildman–Crippen MR) is 59.7 cm³/mol. The molecule has 0 saturated carbocycles. The summed E-state index contributed by atoms with van der Waals surface area (Å²) in [6, 6.07) is 4.59. The van der Waals surface area contributed by atoms with Crippen LogP contribution in [0.2, 0.25) is 5.02 Å². The maximum absolute atomic E-state index is 11.2. The minimum absolute atomic E-state index is 0. The summed E-state index contributed by atoms with van der Waals surface area (Å²) in [5.41, 5.74) is 6.09. The summed E-state index contributed by atoms with van der Waals surface area (Å²) in [6.45, 7) is 0.281. The van der Waals surface area contributed by atoms with Crippen molar-refractivity contribution in [3.63, 3.8) is 0 Å². The van der Waals surface area contributed by atoms with Gasteiger partial charge in [-0.15, -0.1) is 12.4 Å². The summed E-state index contributed by atoms with van der Waals surface area (Å²) in [7, 11) is -3.20. The van der Waals surface area contributed by atoms with Gasteiger partial charge >= 0.3 is 0 Å². The summed E-state index contributed by atoms with van der Waals surface area (Å²) >= 11 is 5.71. The Kier molecular flexibility index (Phi) is 4.88. The highest BCUT2D eigenvalue weighted by Gasteiger charge is 2.08. The average molecular weight is 256 g/mol. The van der Waals surface area contributed by atoms with E-state index in [0.29, 0.717) is 10.6 Å². The van der Waals surface area contributed by atoms with E-state index in [1.165, 1.54) is 12.1 Å². The molecule has 80 valence electrons. The molecule has 2 N–H and O–H groups in total. The largest absolute Gasteiger partial charge is 0.326 e. The molecule has 3 nitrogen and oxygen atoms in total. The molecule has 0 amide bonds. The fourth-order valence-electron chi connectivity index (χ4n) is 0.953. The molecule has 0 bridgehead atoms. The topological polar surface area (TPSA) is 60.2 Å². The van der Waals surface area contributed by atoms with Gasteiger partial charge < -0.3 is 5.73 Å². The molecule has 0 unspecified atom stereocenters. The highest BCUT2D eigenvalue weighted by molar-refractivity contribution is 7.90. The van der Waals surface area contributed by atoms with Crippen molar-refractivity contribution in [1.82, 2.24) is 0 Å². The molecule has 0 aliphatic rings. The van der Waals surface area contributed by atoms with Crippen molar-refractivity contribution in [3.8, 4) is 0 Å². The van der Waals surface area contributed by atoms with Gasteiger partial charge in [0.1, 0.15) is 0 Å². The van der Waals surface area contributed by atoms with E-state index in [9.17, 15) is 8.42 Å². The molecule has 14 heavy (non-hydrogen) atoms. The number of rotatable bonds is 2. The lowest BCUT2D eigenvalue weighted by Gasteiger charge is -2.02. The van der Waals surface area contributed by atoms with Crippen LogP contribution in [0.15, 0.2) is 23.1 Å². The minimum Gasteiger partial charge on any atom is -0.326 e. The van der Waals surface area contributed by atoms with Crippen molar-refractivity contribution >= 4 is 33.8 Å². The summed E-state index contributed by atoms with van der Waals surface area (Å²) < 4.78 is 22.3. The Bertz CT molecular complexity index is 417. The fraction of sp³-hybridized carbons (Fsp3) is 0.250. The molecule has 0 heterocycles. The Morgan fingerprint density at radius 2 is 1.93 bits per heavy atom. The lowest BCUT2D eigenvalue weighted by molar-refractivity contribution is 0.601. The van der Waals surface area contributed by atoms with Crippen LogP contribution in [0.1, 0.15) is 5.56 Å². The highest BCUT2D eigenvalue weighted by atomic mass is 35.5. The van der Waals surface area contributed by atoms with E-state index in [-0.39, 0.29) is 23.8 Å². The molecule has 0 atom stereocenters. The zero-order chi connectivity index (χ0) is 10.1. The Morgan fingerprint density at radius 3 is 2.36 bits per heavy atom. The van der Waals surface area contributed by atoms with Crippen LogP contribution in [0.25, 0.3) is 0 Å². The highest BCUT2D eigenvalue weighted by Crippen LogP contribution is 2.18. The van der Waals surface area contributed by atoms with Crippen LogP contribution in [0.4, 0.5) is 0 Å². The first-order chi connectivity index (χ1) is 5.93. The molecule has 0 aliphatic heterocycles. The Labute approximate surface area is 94.6 Å². The molecule has 0 aliphatic carbocycles. The van der Waals surface area contributed by atoms with Crippen molar-refractivity contribution in [1.29, 1.82) is 0 Å². The first-order valence-corrected chi connectivity index (χ1v) is 5.90. The smallest absolute Gasteiger partial charge is 0.175 e. The van der Waals surface area contributed by atoms with Crippen LogP contribution in [0, 0.1) is 0 Å². The molecule has 0 fully saturated rings. The van der Waals surface area contributed by atoms with Gasteiger partial charge in [0.2, 0.25) is 0 Å². The van der Waals surface area contributed by atoms with Crippen molar-refractivity contribution in [2.45, 2.75) is 11.4 Å². The van der Waals surface area contributed by atoms with Crippen molar-refractivity contribution in [2.24, 2.45) is 5.73 Å². The summed E-state index contributed by atoms with van der Waals surface area (Å²) in [4.78, 5) is 0.209. The summed E-state index contributed by atoms with van der Waals surface area (Å²) in [5, 5.41) is 0.392. The SMILES string of the molecule is CS(=O)(=O)c1cc(Cl)cc(CN)c1.Cl. The third-order valence-electron chi connectivity index (χ3n) is 1.59. The lowest BCUT2D eigenvalue weighted by Crippen LogP contribution is -2.01. The van der Waals surface area contributed by atoms with Crippen LogP contribution in [0.5, 0.6) is 0 Å². The van der Waals surface area contributed by atoms with Gasteiger partial charge in [-0.3, -0.25) is 0 Å². The van der Waals surface area contributed by atoms with Gasteiger partial charge in [0, 0.05) is 17.8 Å². The van der Waals surface area contributed by atoms with Gasteiger partial charge in [-0.05, 0) is 23.8 Å². The van der Waals surface area contributed by atoms with Gasteiger partial charge in [0.15, 0.2) is 9.84 Å². The number of halogens is 2. The number of hydrogen-bond donors (Lipinski definition) is 1. The molecule has 0 radical (unpaired) electrons. The van der Waals surface area contributed by atoms with Gasteiger partial charge in [-0.2, -0.15) is 0 Å². The van der Waals surface area contributed by atoms with E-state index in [2.05, 4.69) is 0 Å². The van der Waals surface area contributed by atoms with Crippen LogP contribution in [0.3, 0.4) is 0 Å². The van der Waals surface area contributed by atoms with E-state index in [4.69, 9.17) is 17.3 Å².